The lowest BCUT2D eigenvalue weighted by molar-refractivity contribution is -0.115. The molecule has 0 fully saturated rings. The minimum absolute atomic E-state index is 0.109. The molecule has 0 spiro atoms. The monoisotopic (exact) mass is 454 g/mol. The van der Waals surface area contributed by atoms with Crippen molar-refractivity contribution in [1.29, 1.82) is 0 Å². The number of nitrogens with one attached hydrogen (secondary N) is 2. The van der Waals surface area contributed by atoms with Gasteiger partial charge >= 0.3 is 0 Å². The largest absolute Gasteiger partial charge is 0.493 e. The second kappa shape index (κ2) is 9.74. The molecule has 0 aliphatic carbocycles. The van der Waals surface area contributed by atoms with Gasteiger partial charge in [0.05, 0.1) is 31.2 Å². The van der Waals surface area contributed by atoms with Crippen molar-refractivity contribution in [3.8, 4) is 11.5 Å². The summed E-state index contributed by atoms with van der Waals surface area (Å²) in [6, 6.07) is 16.9. The molecule has 3 rings (SSSR count). The van der Waals surface area contributed by atoms with E-state index in [4.69, 9.17) is 9.47 Å². The molecule has 0 aromatic heterocycles. The predicted octanol–water partition coefficient (Wildman–Crippen LogP) is 4.30. The van der Waals surface area contributed by atoms with E-state index in [2.05, 4.69) is 10.0 Å². The summed E-state index contributed by atoms with van der Waals surface area (Å²) in [7, 11) is -0.673. The fraction of sp³-hybridized carbons (Fsp3) is 0.208. The number of hydrogen-bond acceptors (Lipinski definition) is 5. The van der Waals surface area contributed by atoms with Crippen LogP contribution in [-0.4, -0.2) is 28.5 Å². The molecular formula is C24H26N2O5S. The number of para-hydroxylation sites is 1. The molecule has 0 atom stereocenters. The first-order valence-electron chi connectivity index (χ1n) is 9.93. The Labute approximate surface area is 188 Å². The van der Waals surface area contributed by atoms with Crippen molar-refractivity contribution in [1.82, 2.24) is 0 Å². The first-order valence-corrected chi connectivity index (χ1v) is 11.4. The molecule has 0 aliphatic rings. The van der Waals surface area contributed by atoms with Crippen molar-refractivity contribution < 1.29 is 22.7 Å². The van der Waals surface area contributed by atoms with Crippen LogP contribution < -0.4 is 19.5 Å². The van der Waals surface area contributed by atoms with Crippen LogP contribution >= 0.6 is 0 Å². The Bertz CT molecular complexity index is 1200. The molecule has 0 unspecified atom stereocenters. The van der Waals surface area contributed by atoms with Gasteiger partial charge in [-0.25, -0.2) is 8.42 Å². The molecule has 168 valence electrons. The Morgan fingerprint density at radius 1 is 0.875 bits per heavy atom. The van der Waals surface area contributed by atoms with Crippen molar-refractivity contribution in [3.63, 3.8) is 0 Å². The van der Waals surface area contributed by atoms with Crippen LogP contribution in [0.25, 0.3) is 0 Å². The van der Waals surface area contributed by atoms with Crippen LogP contribution in [0.4, 0.5) is 11.4 Å². The molecule has 0 radical (unpaired) electrons. The summed E-state index contributed by atoms with van der Waals surface area (Å²) in [5.74, 6) is 0.896. The maximum absolute atomic E-state index is 12.8. The van der Waals surface area contributed by atoms with Gasteiger partial charge in [0.2, 0.25) is 5.91 Å². The molecular weight excluding hydrogens is 428 g/mol. The number of anilines is 2. The van der Waals surface area contributed by atoms with E-state index in [1.165, 1.54) is 19.2 Å². The third kappa shape index (κ3) is 5.39. The molecule has 3 aromatic carbocycles. The quantitative estimate of drug-likeness (QED) is 0.529. The Balaban J connectivity index is 1.68. The van der Waals surface area contributed by atoms with Gasteiger partial charge in [0.15, 0.2) is 11.5 Å². The van der Waals surface area contributed by atoms with Crippen LogP contribution in [0.1, 0.15) is 16.7 Å². The van der Waals surface area contributed by atoms with E-state index >= 15 is 0 Å². The summed E-state index contributed by atoms with van der Waals surface area (Å²) in [5, 5.41) is 2.78. The molecule has 0 heterocycles. The fourth-order valence-corrected chi connectivity index (χ4v) is 4.47. The Morgan fingerprint density at radius 2 is 1.50 bits per heavy atom. The topological polar surface area (TPSA) is 93.7 Å². The number of sulfonamides is 1. The number of amides is 1. The lowest BCUT2D eigenvalue weighted by Gasteiger charge is -2.13. The fourth-order valence-electron chi connectivity index (χ4n) is 3.27. The maximum Gasteiger partial charge on any atom is 0.261 e. The average Bonchev–Trinajstić information content (AvgIpc) is 2.76. The molecule has 0 saturated carbocycles. The SMILES string of the molecule is COc1ccc(CC(=O)Nc2ccc(S(=O)(=O)Nc3c(C)cccc3C)cc2)cc1OC. The van der Waals surface area contributed by atoms with Crippen LogP contribution in [0.2, 0.25) is 0 Å². The lowest BCUT2D eigenvalue weighted by Crippen LogP contribution is -2.16. The summed E-state index contributed by atoms with van der Waals surface area (Å²) < 4.78 is 38.7. The number of ether oxygens (including phenoxy) is 2. The molecule has 0 bridgehead atoms. The highest BCUT2D eigenvalue weighted by molar-refractivity contribution is 7.92. The lowest BCUT2D eigenvalue weighted by atomic mass is 10.1. The highest BCUT2D eigenvalue weighted by atomic mass is 32.2. The van der Waals surface area contributed by atoms with Crippen molar-refractivity contribution in [2.24, 2.45) is 0 Å². The van der Waals surface area contributed by atoms with Gasteiger partial charge in [-0.15, -0.1) is 0 Å². The van der Waals surface area contributed by atoms with Gasteiger partial charge in [-0.2, -0.15) is 0 Å². The van der Waals surface area contributed by atoms with E-state index < -0.39 is 10.0 Å². The zero-order valence-corrected chi connectivity index (χ0v) is 19.2. The zero-order valence-electron chi connectivity index (χ0n) is 18.4. The molecule has 2 N–H and O–H groups in total. The predicted molar refractivity (Wildman–Crippen MR) is 125 cm³/mol. The Morgan fingerprint density at radius 3 is 2.09 bits per heavy atom. The van der Waals surface area contributed by atoms with Crippen LogP contribution in [0.15, 0.2) is 65.6 Å². The second-order valence-electron chi connectivity index (χ2n) is 7.31. The average molecular weight is 455 g/mol. The molecule has 1 amide bonds. The summed E-state index contributed by atoms with van der Waals surface area (Å²) >= 11 is 0. The normalized spacial score (nSPS) is 11.0. The summed E-state index contributed by atoms with van der Waals surface area (Å²) in [6.07, 6.45) is 0.133. The number of methoxy groups -OCH3 is 2. The number of benzene rings is 3. The summed E-state index contributed by atoms with van der Waals surface area (Å²) in [6.45, 7) is 3.70. The summed E-state index contributed by atoms with van der Waals surface area (Å²) in [5.41, 5.74) is 3.51. The van der Waals surface area contributed by atoms with Crippen molar-refractivity contribution >= 4 is 27.3 Å². The van der Waals surface area contributed by atoms with E-state index in [9.17, 15) is 13.2 Å². The highest BCUT2D eigenvalue weighted by Crippen LogP contribution is 2.28. The molecule has 0 saturated heterocycles. The molecule has 32 heavy (non-hydrogen) atoms. The number of aryl methyl sites for hydroxylation is 2. The second-order valence-corrected chi connectivity index (χ2v) is 8.99. The number of carbonyl (C=O) groups excluding carboxylic acids is 1. The zero-order chi connectivity index (χ0) is 23.3. The highest BCUT2D eigenvalue weighted by Gasteiger charge is 2.17. The minimum atomic E-state index is -3.75. The number of rotatable bonds is 8. The standard InChI is InChI=1S/C24H26N2O5S/c1-16-6-5-7-17(2)24(16)26-32(28,29)20-11-9-19(10-12-20)25-23(27)15-18-8-13-21(30-3)22(14-18)31-4/h5-14,26H,15H2,1-4H3,(H,25,27). The third-order valence-electron chi connectivity index (χ3n) is 4.98. The Kier molecular flexibility index (Phi) is 7.05. The van der Waals surface area contributed by atoms with Crippen molar-refractivity contribution in [2.75, 3.05) is 24.3 Å². The van der Waals surface area contributed by atoms with Crippen LogP contribution in [0.5, 0.6) is 11.5 Å². The van der Waals surface area contributed by atoms with E-state index in [-0.39, 0.29) is 17.2 Å². The van der Waals surface area contributed by atoms with Gasteiger partial charge in [-0.1, -0.05) is 24.3 Å². The Hall–Kier alpha value is -3.52. The molecule has 0 aliphatic heterocycles. The molecule has 8 heteroatoms. The van der Waals surface area contributed by atoms with Gasteiger partial charge < -0.3 is 14.8 Å². The first kappa shape index (κ1) is 23.1. The number of carbonyl (C=O) groups is 1. The summed E-state index contributed by atoms with van der Waals surface area (Å²) in [4.78, 5) is 12.5. The van der Waals surface area contributed by atoms with E-state index in [0.717, 1.165) is 16.7 Å². The van der Waals surface area contributed by atoms with Crippen molar-refractivity contribution in [2.45, 2.75) is 25.2 Å². The van der Waals surface area contributed by atoms with Crippen LogP contribution in [-0.2, 0) is 21.2 Å². The molecule has 7 nitrogen and oxygen atoms in total. The van der Waals surface area contributed by atoms with Crippen molar-refractivity contribution in [3.05, 3.63) is 77.4 Å². The van der Waals surface area contributed by atoms with E-state index in [1.807, 2.05) is 32.0 Å². The minimum Gasteiger partial charge on any atom is -0.493 e. The number of hydrogen-bond donors (Lipinski definition) is 2. The van der Waals surface area contributed by atoms with Gasteiger partial charge in [0.25, 0.3) is 10.0 Å². The van der Waals surface area contributed by atoms with Gasteiger partial charge in [0, 0.05) is 5.69 Å². The van der Waals surface area contributed by atoms with Gasteiger partial charge in [0.1, 0.15) is 0 Å². The smallest absolute Gasteiger partial charge is 0.261 e. The van der Waals surface area contributed by atoms with Crippen LogP contribution in [0.3, 0.4) is 0 Å². The first-order chi connectivity index (χ1) is 15.2. The third-order valence-corrected chi connectivity index (χ3v) is 6.34. The van der Waals surface area contributed by atoms with E-state index in [0.29, 0.717) is 22.9 Å². The van der Waals surface area contributed by atoms with Gasteiger partial charge in [-0.05, 0) is 66.9 Å². The van der Waals surface area contributed by atoms with Gasteiger partial charge in [-0.3, -0.25) is 9.52 Å². The van der Waals surface area contributed by atoms with E-state index in [1.54, 1.807) is 37.4 Å². The maximum atomic E-state index is 12.8. The molecule has 3 aromatic rings. The van der Waals surface area contributed by atoms with Crippen LogP contribution in [0, 0.1) is 13.8 Å².